The van der Waals surface area contributed by atoms with E-state index in [0.717, 1.165) is 41.6 Å². The van der Waals surface area contributed by atoms with Crippen molar-refractivity contribution in [2.45, 2.75) is 26.4 Å². The molecule has 0 N–H and O–H groups in total. The summed E-state index contributed by atoms with van der Waals surface area (Å²) in [5.74, 6) is 1.16. The van der Waals surface area contributed by atoms with Crippen molar-refractivity contribution in [3.05, 3.63) is 76.0 Å². The lowest BCUT2D eigenvalue weighted by Crippen LogP contribution is -2.30. The number of thiazole rings is 1. The Morgan fingerprint density at radius 1 is 1.27 bits per heavy atom. The van der Waals surface area contributed by atoms with Gasteiger partial charge in [-0.05, 0) is 43.2 Å². The number of carbonyl (C=O) groups is 1. The fraction of sp³-hybridized carbons (Fsp3) is 0.348. The molecule has 6 nitrogen and oxygen atoms in total. The summed E-state index contributed by atoms with van der Waals surface area (Å²) in [5, 5.41) is 2.69. The minimum atomic E-state index is -0.0978. The summed E-state index contributed by atoms with van der Waals surface area (Å²) >= 11 is 1.48. The number of hydrogen-bond acceptors (Lipinski definition) is 6. The van der Waals surface area contributed by atoms with Crippen LogP contribution in [0.5, 0.6) is 5.75 Å². The average molecular weight is 424 g/mol. The lowest BCUT2D eigenvalue weighted by molar-refractivity contribution is 0.0722. The molecule has 0 unspecified atom stereocenters. The van der Waals surface area contributed by atoms with Gasteiger partial charge in [-0.25, -0.2) is 4.98 Å². The third kappa shape index (κ3) is 5.43. The molecule has 1 atom stereocenters. The van der Waals surface area contributed by atoms with Gasteiger partial charge >= 0.3 is 0 Å². The van der Waals surface area contributed by atoms with E-state index in [4.69, 9.17) is 9.47 Å². The molecule has 0 aliphatic carbocycles. The molecule has 4 rings (SSSR count). The Hall–Kier alpha value is -2.77. The maximum atomic E-state index is 13.1. The highest BCUT2D eigenvalue weighted by atomic mass is 32.1. The van der Waals surface area contributed by atoms with Crippen LogP contribution in [0.1, 0.15) is 33.2 Å². The molecule has 156 valence electrons. The standard InChI is InChI=1S/C23H25N3O3S/c1-17-25-22(16-30-17)23(27)26(13-20-6-2-3-9-24-20)12-18-5-4-7-21(11-18)29-15-19-8-10-28-14-19/h2-7,9,11,16,19H,8,10,12-15H2,1H3/t19-/m0/s1. The van der Waals surface area contributed by atoms with Gasteiger partial charge in [-0.1, -0.05) is 18.2 Å². The number of hydrogen-bond donors (Lipinski definition) is 0. The van der Waals surface area contributed by atoms with E-state index < -0.39 is 0 Å². The molecule has 3 heterocycles. The Morgan fingerprint density at radius 2 is 2.20 bits per heavy atom. The van der Waals surface area contributed by atoms with Crippen molar-refractivity contribution in [1.29, 1.82) is 0 Å². The van der Waals surface area contributed by atoms with Crippen molar-refractivity contribution in [2.75, 3.05) is 19.8 Å². The normalized spacial score (nSPS) is 15.8. The van der Waals surface area contributed by atoms with Crippen LogP contribution in [0.4, 0.5) is 0 Å². The molecule has 7 heteroatoms. The van der Waals surface area contributed by atoms with Gasteiger partial charge in [-0.2, -0.15) is 0 Å². The van der Waals surface area contributed by atoms with Crippen LogP contribution in [-0.2, 0) is 17.8 Å². The molecule has 1 aliphatic heterocycles. The highest BCUT2D eigenvalue weighted by Crippen LogP contribution is 2.20. The van der Waals surface area contributed by atoms with Gasteiger partial charge < -0.3 is 14.4 Å². The predicted molar refractivity (Wildman–Crippen MR) is 116 cm³/mol. The first kappa shape index (κ1) is 20.5. The van der Waals surface area contributed by atoms with Gasteiger partial charge in [0.1, 0.15) is 11.4 Å². The smallest absolute Gasteiger partial charge is 0.273 e. The second kappa shape index (κ2) is 9.82. The summed E-state index contributed by atoms with van der Waals surface area (Å²) in [5.41, 5.74) is 2.32. The summed E-state index contributed by atoms with van der Waals surface area (Å²) in [7, 11) is 0. The van der Waals surface area contributed by atoms with Crippen molar-refractivity contribution in [2.24, 2.45) is 5.92 Å². The van der Waals surface area contributed by atoms with E-state index in [1.54, 1.807) is 11.1 Å². The number of benzene rings is 1. The van der Waals surface area contributed by atoms with Gasteiger partial charge in [0.05, 0.1) is 30.5 Å². The SMILES string of the molecule is Cc1nc(C(=O)N(Cc2cccc(OC[C@H]3CCOC3)c2)Cc2ccccn2)cs1. The third-order valence-electron chi connectivity index (χ3n) is 4.99. The van der Waals surface area contributed by atoms with E-state index >= 15 is 0 Å². The number of amides is 1. The Kier molecular flexibility index (Phi) is 6.71. The fourth-order valence-electron chi connectivity index (χ4n) is 3.39. The topological polar surface area (TPSA) is 64.6 Å². The second-order valence-electron chi connectivity index (χ2n) is 7.42. The van der Waals surface area contributed by atoms with Crippen LogP contribution in [0.25, 0.3) is 0 Å². The maximum Gasteiger partial charge on any atom is 0.273 e. The molecule has 0 bridgehead atoms. The number of aryl methyl sites for hydroxylation is 1. The summed E-state index contributed by atoms with van der Waals surface area (Å²) < 4.78 is 11.4. The van der Waals surface area contributed by atoms with Crippen LogP contribution < -0.4 is 4.74 Å². The zero-order valence-electron chi connectivity index (χ0n) is 17.0. The molecular formula is C23H25N3O3S. The molecule has 30 heavy (non-hydrogen) atoms. The Bertz CT molecular complexity index is 971. The van der Waals surface area contributed by atoms with E-state index in [1.807, 2.05) is 54.8 Å². The van der Waals surface area contributed by atoms with Crippen LogP contribution in [0.2, 0.25) is 0 Å². The number of ether oxygens (including phenoxy) is 2. The molecule has 1 amide bonds. The zero-order valence-corrected chi connectivity index (χ0v) is 17.8. The molecule has 1 aliphatic rings. The molecule has 2 aromatic heterocycles. The van der Waals surface area contributed by atoms with Gasteiger partial charge in [-0.15, -0.1) is 11.3 Å². The molecule has 1 fully saturated rings. The van der Waals surface area contributed by atoms with Crippen LogP contribution in [0.15, 0.2) is 54.0 Å². The van der Waals surface area contributed by atoms with E-state index in [1.165, 1.54) is 11.3 Å². The Morgan fingerprint density at radius 3 is 2.93 bits per heavy atom. The van der Waals surface area contributed by atoms with Crippen molar-refractivity contribution >= 4 is 17.2 Å². The van der Waals surface area contributed by atoms with E-state index in [2.05, 4.69) is 9.97 Å². The first-order valence-electron chi connectivity index (χ1n) is 10.1. The molecule has 1 saturated heterocycles. The van der Waals surface area contributed by atoms with Crippen molar-refractivity contribution in [3.8, 4) is 5.75 Å². The summed E-state index contributed by atoms with van der Waals surface area (Å²) in [6.07, 6.45) is 2.78. The Labute approximate surface area is 180 Å². The third-order valence-corrected chi connectivity index (χ3v) is 5.76. The second-order valence-corrected chi connectivity index (χ2v) is 8.48. The summed E-state index contributed by atoms with van der Waals surface area (Å²) in [6, 6.07) is 13.7. The van der Waals surface area contributed by atoms with Gasteiger partial charge in [0.15, 0.2) is 0 Å². The number of pyridine rings is 1. The van der Waals surface area contributed by atoms with E-state index in [-0.39, 0.29) is 5.91 Å². The average Bonchev–Trinajstić information content (AvgIpc) is 3.44. The fourth-order valence-corrected chi connectivity index (χ4v) is 3.98. The summed E-state index contributed by atoms with van der Waals surface area (Å²) in [4.78, 5) is 23.7. The summed E-state index contributed by atoms with van der Waals surface area (Å²) in [6.45, 7) is 5.00. The molecule has 3 aromatic rings. The maximum absolute atomic E-state index is 13.1. The first-order valence-corrected chi connectivity index (χ1v) is 11.0. The zero-order chi connectivity index (χ0) is 20.8. The van der Waals surface area contributed by atoms with Crippen molar-refractivity contribution in [3.63, 3.8) is 0 Å². The lowest BCUT2D eigenvalue weighted by Gasteiger charge is -2.22. The van der Waals surface area contributed by atoms with Gasteiger partial charge in [0, 0.05) is 30.6 Å². The molecule has 0 saturated carbocycles. The highest BCUT2D eigenvalue weighted by molar-refractivity contribution is 7.09. The predicted octanol–water partition coefficient (Wildman–Crippen LogP) is 4.10. The molecular weight excluding hydrogens is 398 g/mol. The number of aromatic nitrogens is 2. The van der Waals surface area contributed by atoms with Crippen LogP contribution in [-0.4, -0.2) is 40.6 Å². The largest absolute Gasteiger partial charge is 0.493 e. The van der Waals surface area contributed by atoms with Gasteiger partial charge in [0.2, 0.25) is 0 Å². The van der Waals surface area contributed by atoms with Crippen LogP contribution in [0.3, 0.4) is 0 Å². The van der Waals surface area contributed by atoms with Crippen molar-refractivity contribution in [1.82, 2.24) is 14.9 Å². The number of nitrogens with zero attached hydrogens (tertiary/aromatic N) is 3. The van der Waals surface area contributed by atoms with Crippen LogP contribution >= 0.6 is 11.3 Å². The minimum absolute atomic E-state index is 0.0978. The number of rotatable bonds is 8. The highest BCUT2D eigenvalue weighted by Gasteiger charge is 2.20. The Balaban J connectivity index is 1.49. The monoisotopic (exact) mass is 423 g/mol. The van der Waals surface area contributed by atoms with E-state index in [9.17, 15) is 4.79 Å². The number of carbonyl (C=O) groups excluding carboxylic acids is 1. The molecule has 0 spiro atoms. The minimum Gasteiger partial charge on any atom is -0.493 e. The lowest BCUT2D eigenvalue weighted by atomic mass is 10.1. The molecule has 1 aromatic carbocycles. The van der Waals surface area contributed by atoms with Crippen molar-refractivity contribution < 1.29 is 14.3 Å². The van der Waals surface area contributed by atoms with Gasteiger partial charge in [0.25, 0.3) is 5.91 Å². The molecule has 0 radical (unpaired) electrons. The van der Waals surface area contributed by atoms with E-state index in [0.29, 0.717) is 31.3 Å². The van der Waals surface area contributed by atoms with Crippen LogP contribution in [0, 0.1) is 12.8 Å². The quantitative estimate of drug-likeness (QED) is 0.546. The first-order chi connectivity index (χ1) is 14.7. The van der Waals surface area contributed by atoms with Gasteiger partial charge in [-0.3, -0.25) is 9.78 Å².